The van der Waals surface area contributed by atoms with E-state index < -0.39 is 10.1 Å². The SMILES string of the molecule is CCCCCCCC/C=C/CCCCCCC[NH3+].Cc1ccc(S(=O)(=O)[O-])cc1. The highest BCUT2D eigenvalue weighted by Gasteiger charge is 1.97. The minimum absolute atomic E-state index is 0.178. The van der Waals surface area contributed by atoms with Gasteiger partial charge in [-0.05, 0) is 57.6 Å². The van der Waals surface area contributed by atoms with E-state index >= 15 is 0 Å². The summed E-state index contributed by atoms with van der Waals surface area (Å²) in [5.74, 6) is 0. The van der Waals surface area contributed by atoms with Crippen molar-refractivity contribution in [2.24, 2.45) is 0 Å². The average molecular weight is 426 g/mol. The van der Waals surface area contributed by atoms with Crippen LogP contribution in [-0.4, -0.2) is 19.5 Å². The molecule has 0 atom stereocenters. The van der Waals surface area contributed by atoms with Crippen LogP contribution in [0.1, 0.15) is 96.0 Å². The van der Waals surface area contributed by atoms with E-state index in [1.54, 1.807) is 12.1 Å². The van der Waals surface area contributed by atoms with Gasteiger partial charge in [-0.1, -0.05) is 81.7 Å². The molecule has 0 saturated carbocycles. The first kappa shape index (κ1) is 27.8. The maximum atomic E-state index is 10.4. The van der Waals surface area contributed by atoms with E-state index in [0.717, 1.165) is 12.1 Å². The van der Waals surface area contributed by atoms with Crippen LogP contribution in [0.25, 0.3) is 0 Å². The van der Waals surface area contributed by atoms with E-state index in [9.17, 15) is 13.0 Å². The molecule has 0 aliphatic heterocycles. The van der Waals surface area contributed by atoms with Gasteiger partial charge in [0.1, 0.15) is 10.1 Å². The second kappa shape index (κ2) is 18.8. The number of hydrogen-bond donors (Lipinski definition) is 1. The minimum Gasteiger partial charge on any atom is -0.744 e. The normalized spacial score (nSPS) is 11.4. The van der Waals surface area contributed by atoms with Gasteiger partial charge in [0, 0.05) is 0 Å². The summed E-state index contributed by atoms with van der Waals surface area (Å²) in [4.78, 5) is -0.178. The number of quaternary nitrogens is 1. The summed E-state index contributed by atoms with van der Waals surface area (Å²) in [5.41, 5.74) is 4.80. The highest BCUT2D eigenvalue weighted by Crippen LogP contribution is 2.09. The molecule has 0 aliphatic carbocycles. The Morgan fingerprint density at radius 3 is 1.69 bits per heavy atom. The van der Waals surface area contributed by atoms with Crippen molar-refractivity contribution >= 4 is 10.1 Å². The molecule has 1 aromatic rings. The third kappa shape index (κ3) is 18.6. The summed E-state index contributed by atoms with van der Waals surface area (Å²) < 4.78 is 31.2. The number of aryl methyl sites for hydroxylation is 1. The predicted molar refractivity (Wildman–Crippen MR) is 122 cm³/mol. The summed E-state index contributed by atoms with van der Waals surface area (Å²) >= 11 is 0. The summed E-state index contributed by atoms with van der Waals surface area (Å²) in [6, 6.07) is 5.78. The van der Waals surface area contributed by atoms with Gasteiger partial charge in [-0.2, -0.15) is 0 Å². The number of hydrogen-bond acceptors (Lipinski definition) is 3. The molecule has 29 heavy (non-hydrogen) atoms. The standard InChI is InChI=1S/C17H35N.C7H8O3S/c1-2-3-4-5-6-7-8-9-10-11-12-13-14-15-16-17-18;1-6-2-4-7(5-3-6)11(8,9)10/h9-10H,2-8,11-18H2,1H3;2-5H,1H3,(H,8,9,10)/b10-9+;. The van der Waals surface area contributed by atoms with Gasteiger partial charge < -0.3 is 10.3 Å². The first-order valence-corrected chi connectivity index (χ1v) is 12.8. The molecule has 0 aliphatic rings. The second-order valence-electron chi connectivity index (χ2n) is 7.71. The molecule has 0 unspecified atom stereocenters. The predicted octanol–water partition coefficient (Wildman–Crippen LogP) is 5.77. The molecular weight excluding hydrogens is 382 g/mol. The average Bonchev–Trinajstić information content (AvgIpc) is 2.68. The zero-order valence-electron chi connectivity index (χ0n) is 18.7. The zero-order valence-corrected chi connectivity index (χ0v) is 19.5. The zero-order chi connectivity index (χ0) is 21.8. The Hall–Kier alpha value is -1.17. The fraction of sp³-hybridized carbons (Fsp3) is 0.667. The first-order valence-electron chi connectivity index (χ1n) is 11.4. The van der Waals surface area contributed by atoms with Crippen molar-refractivity contribution in [2.45, 2.75) is 102 Å². The molecule has 5 heteroatoms. The van der Waals surface area contributed by atoms with Crippen molar-refractivity contribution in [1.82, 2.24) is 0 Å². The smallest absolute Gasteiger partial charge is 0.124 e. The van der Waals surface area contributed by atoms with Crippen molar-refractivity contribution in [1.29, 1.82) is 0 Å². The summed E-state index contributed by atoms with van der Waals surface area (Å²) in [6.45, 7) is 5.21. The Morgan fingerprint density at radius 2 is 1.24 bits per heavy atom. The molecule has 0 amide bonds. The second-order valence-corrected chi connectivity index (χ2v) is 9.08. The molecule has 0 aromatic heterocycles. The number of benzene rings is 1. The van der Waals surface area contributed by atoms with E-state index in [-0.39, 0.29) is 4.90 Å². The fourth-order valence-corrected chi connectivity index (χ4v) is 3.42. The van der Waals surface area contributed by atoms with Gasteiger partial charge in [0.15, 0.2) is 0 Å². The van der Waals surface area contributed by atoms with Crippen LogP contribution in [0, 0.1) is 6.92 Å². The van der Waals surface area contributed by atoms with Crippen molar-refractivity contribution in [3.63, 3.8) is 0 Å². The molecule has 0 fully saturated rings. The molecule has 1 rings (SSSR count). The first-order chi connectivity index (χ1) is 13.9. The maximum absolute atomic E-state index is 10.4. The van der Waals surface area contributed by atoms with Gasteiger partial charge in [-0.3, -0.25) is 0 Å². The van der Waals surface area contributed by atoms with Crippen molar-refractivity contribution < 1.29 is 18.7 Å². The van der Waals surface area contributed by atoms with Crippen molar-refractivity contribution in [3.8, 4) is 0 Å². The monoisotopic (exact) mass is 425 g/mol. The number of rotatable bonds is 15. The Labute approximate surface area is 179 Å². The summed E-state index contributed by atoms with van der Waals surface area (Å²) in [7, 11) is -4.27. The van der Waals surface area contributed by atoms with Gasteiger partial charge in [0.25, 0.3) is 0 Å². The quantitative estimate of drug-likeness (QED) is 0.220. The lowest BCUT2D eigenvalue weighted by atomic mass is 10.1. The lowest BCUT2D eigenvalue weighted by molar-refractivity contribution is -0.368. The van der Waals surface area contributed by atoms with Crippen LogP contribution in [0.5, 0.6) is 0 Å². The van der Waals surface area contributed by atoms with E-state index in [1.165, 1.54) is 95.6 Å². The maximum Gasteiger partial charge on any atom is 0.124 e. The molecule has 3 N–H and O–H groups in total. The Bertz CT molecular complexity index is 592. The fourth-order valence-electron chi connectivity index (χ4n) is 2.95. The Balaban J connectivity index is 0.000000604. The largest absolute Gasteiger partial charge is 0.744 e. The molecular formula is C24H43NO3S. The van der Waals surface area contributed by atoms with Crippen LogP contribution in [0.2, 0.25) is 0 Å². The molecule has 0 bridgehead atoms. The van der Waals surface area contributed by atoms with Crippen LogP contribution in [-0.2, 0) is 10.1 Å². The number of unbranched alkanes of at least 4 members (excludes halogenated alkanes) is 11. The van der Waals surface area contributed by atoms with Crippen LogP contribution in [0.15, 0.2) is 41.3 Å². The molecule has 0 heterocycles. The van der Waals surface area contributed by atoms with Gasteiger partial charge in [0.05, 0.1) is 11.4 Å². The summed E-state index contributed by atoms with van der Waals surface area (Å²) in [6.07, 6.45) is 22.7. The van der Waals surface area contributed by atoms with Gasteiger partial charge in [-0.15, -0.1) is 0 Å². The lowest BCUT2D eigenvalue weighted by Crippen LogP contribution is -2.50. The molecule has 4 nitrogen and oxygen atoms in total. The Kier molecular flexibility index (Phi) is 18.1. The third-order valence-electron chi connectivity index (χ3n) is 4.82. The van der Waals surface area contributed by atoms with Crippen molar-refractivity contribution in [3.05, 3.63) is 42.0 Å². The lowest BCUT2D eigenvalue weighted by Gasteiger charge is -2.05. The molecule has 1 aromatic carbocycles. The third-order valence-corrected chi connectivity index (χ3v) is 5.67. The molecule has 0 radical (unpaired) electrons. The van der Waals surface area contributed by atoms with Gasteiger partial charge in [-0.25, -0.2) is 8.42 Å². The number of allylic oxidation sites excluding steroid dienone is 2. The van der Waals surface area contributed by atoms with Gasteiger partial charge >= 0.3 is 0 Å². The Morgan fingerprint density at radius 1 is 0.793 bits per heavy atom. The molecule has 0 spiro atoms. The minimum atomic E-state index is -4.27. The van der Waals surface area contributed by atoms with E-state index in [1.807, 2.05) is 6.92 Å². The van der Waals surface area contributed by atoms with E-state index in [0.29, 0.717) is 0 Å². The highest BCUT2D eigenvalue weighted by atomic mass is 32.2. The molecule has 168 valence electrons. The molecule has 0 saturated heterocycles. The van der Waals surface area contributed by atoms with Crippen LogP contribution in [0.3, 0.4) is 0 Å². The highest BCUT2D eigenvalue weighted by molar-refractivity contribution is 7.85. The van der Waals surface area contributed by atoms with E-state index in [2.05, 4.69) is 24.8 Å². The van der Waals surface area contributed by atoms with Crippen LogP contribution >= 0.6 is 0 Å². The topological polar surface area (TPSA) is 84.8 Å². The van der Waals surface area contributed by atoms with E-state index in [4.69, 9.17) is 0 Å². The van der Waals surface area contributed by atoms with Gasteiger partial charge in [0.2, 0.25) is 0 Å². The van der Waals surface area contributed by atoms with Crippen LogP contribution < -0.4 is 5.73 Å². The van der Waals surface area contributed by atoms with Crippen molar-refractivity contribution in [2.75, 3.05) is 6.54 Å². The van der Waals surface area contributed by atoms with Crippen LogP contribution in [0.4, 0.5) is 0 Å². The summed E-state index contributed by atoms with van der Waals surface area (Å²) in [5, 5.41) is 0.